The molecule has 0 aliphatic carbocycles. The minimum atomic E-state index is -0.317. The molecule has 0 aromatic heterocycles. The van der Waals surface area contributed by atoms with Gasteiger partial charge in [-0.15, -0.1) is 0 Å². The number of hydrogen-bond acceptors (Lipinski definition) is 4. The predicted molar refractivity (Wildman–Crippen MR) is 96.5 cm³/mol. The Morgan fingerprint density at radius 3 is 2.67 bits per heavy atom. The van der Waals surface area contributed by atoms with Gasteiger partial charge in [-0.1, -0.05) is 20.3 Å². The maximum atomic E-state index is 11.4. The Hall–Kier alpha value is -1.55. The fourth-order valence-electron chi connectivity index (χ4n) is 3.68. The van der Waals surface area contributed by atoms with E-state index in [0.29, 0.717) is 12.2 Å². The molecule has 0 saturated carbocycles. The number of carbonyl (C=O) groups excluding carboxylic acids is 1. The van der Waals surface area contributed by atoms with Crippen LogP contribution in [0.2, 0.25) is 0 Å². The minimum Gasteiger partial charge on any atom is -0.494 e. The molecular formula is C20H31NO3. The molecule has 1 fully saturated rings. The lowest BCUT2D eigenvalue weighted by Gasteiger charge is -2.36. The van der Waals surface area contributed by atoms with Gasteiger partial charge in [0, 0.05) is 19.6 Å². The number of benzene rings is 1. The highest BCUT2D eigenvalue weighted by Crippen LogP contribution is 2.25. The largest absolute Gasteiger partial charge is 0.494 e. The quantitative estimate of drug-likeness (QED) is 0.532. The fraction of sp³-hybridized carbons (Fsp3) is 0.650. The summed E-state index contributed by atoms with van der Waals surface area (Å²) in [5.41, 5.74) is 0.550. The van der Waals surface area contributed by atoms with Crippen LogP contribution in [-0.2, 0) is 4.74 Å². The third-order valence-electron chi connectivity index (χ3n) is 4.68. The number of nitrogens with zero attached hydrogens (tertiary/aromatic N) is 1. The van der Waals surface area contributed by atoms with Crippen LogP contribution in [0, 0.1) is 11.8 Å². The first-order chi connectivity index (χ1) is 11.6. The van der Waals surface area contributed by atoms with Gasteiger partial charge in [-0.3, -0.25) is 0 Å². The number of methoxy groups -OCH3 is 1. The summed E-state index contributed by atoms with van der Waals surface area (Å²) in [6, 6.07) is 7.13. The van der Waals surface area contributed by atoms with Crippen molar-refractivity contribution in [3.63, 3.8) is 0 Å². The number of likely N-dealkylation sites (tertiary alicyclic amines) is 1. The van der Waals surface area contributed by atoms with Crippen LogP contribution in [0.1, 0.15) is 49.9 Å². The summed E-state index contributed by atoms with van der Waals surface area (Å²) in [4.78, 5) is 14.0. The molecule has 1 saturated heterocycles. The molecule has 4 nitrogen and oxygen atoms in total. The molecule has 0 N–H and O–H groups in total. The summed E-state index contributed by atoms with van der Waals surface area (Å²) >= 11 is 0. The zero-order valence-electron chi connectivity index (χ0n) is 15.3. The third kappa shape index (κ3) is 5.82. The van der Waals surface area contributed by atoms with E-state index in [-0.39, 0.29) is 5.97 Å². The summed E-state index contributed by atoms with van der Waals surface area (Å²) in [6.45, 7) is 8.92. The maximum absolute atomic E-state index is 11.4. The first-order valence-electron chi connectivity index (χ1n) is 9.16. The van der Waals surface area contributed by atoms with E-state index in [4.69, 9.17) is 9.47 Å². The molecule has 1 heterocycles. The third-order valence-corrected chi connectivity index (χ3v) is 4.68. The van der Waals surface area contributed by atoms with Crippen LogP contribution in [0.5, 0.6) is 5.75 Å². The standard InChI is InChI=1S/C20H31NO3/c1-4-6-17-13-16(2)14-21(15-17)11-5-12-24-19-9-7-18(8-10-19)20(22)23-3/h7-10,16-17H,4-6,11-15H2,1-3H3. The van der Waals surface area contributed by atoms with Crippen LogP contribution in [-0.4, -0.2) is 44.2 Å². The monoisotopic (exact) mass is 333 g/mol. The van der Waals surface area contributed by atoms with E-state index in [1.54, 1.807) is 12.1 Å². The van der Waals surface area contributed by atoms with E-state index in [1.165, 1.54) is 39.5 Å². The number of carbonyl (C=O) groups is 1. The van der Waals surface area contributed by atoms with Crippen molar-refractivity contribution in [3.05, 3.63) is 29.8 Å². The van der Waals surface area contributed by atoms with Gasteiger partial charge in [0.25, 0.3) is 0 Å². The molecule has 24 heavy (non-hydrogen) atoms. The lowest BCUT2D eigenvalue weighted by Crippen LogP contribution is -2.40. The molecule has 1 aliphatic rings. The van der Waals surface area contributed by atoms with Crippen LogP contribution in [0.15, 0.2) is 24.3 Å². The van der Waals surface area contributed by atoms with E-state index in [2.05, 4.69) is 18.7 Å². The first kappa shape index (κ1) is 18.8. The average molecular weight is 333 g/mol. The van der Waals surface area contributed by atoms with Crippen LogP contribution in [0.25, 0.3) is 0 Å². The van der Waals surface area contributed by atoms with Crippen molar-refractivity contribution in [1.82, 2.24) is 4.90 Å². The van der Waals surface area contributed by atoms with Gasteiger partial charge in [-0.25, -0.2) is 4.79 Å². The smallest absolute Gasteiger partial charge is 0.337 e. The van der Waals surface area contributed by atoms with E-state index in [1.807, 2.05) is 12.1 Å². The Morgan fingerprint density at radius 1 is 1.25 bits per heavy atom. The molecular weight excluding hydrogens is 302 g/mol. The van der Waals surface area contributed by atoms with Gasteiger partial charge >= 0.3 is 5.97 Å². The van der Waals surface area contributed by atoms with Gasteiger partial charge in [0.15, 0.2) is 0 Å². The highest BCUT2D eigenvalue weighted by atomic mass is 16.5. The van der Waals surface area contributed by atoms with Gasteiger partial charge < -0.3 is 14.4 Å². The molecule has 2 atom stereocenters. The summed E-state index contributed by atoms with van der Waals surface area (Å²) in [7, 11) is 1.39. The normalized spacial score (nSPS) is 21.5. The molecule has 134 valence electrons. The fourth-order valence-corrected chi connectivity index (χ4v) is 3.68. The predicted octanol–water partition coefficient (Wildman–Crippen LogP) is 4.00. The zero-order valence-corrected chi connectivity index (χ0v) is 15.3. The van der Waals surface area contributed by atoms with E-state index in [0.717, 1.165) is 30.6 Å². The van der Waals surface area contributed by atoms with Crippen LogP contribution < -0.4 is 4.74 Å². The highest BCUT2D eigenvalue weighted by molar-refractivity contribution is 5.89. The molecule has 0 radical (unpaired) electrons. The zero-order chi connectivity index (χ0) is 17.4. The Bertz CT molecular complexity index is 500. The van der Waals surface area contributed by atoms with Crippen LogP contribution in [0.4, 0.5) is 0 Å². The first-order valence-corrected chi connectivity index (χ1v) is 9.16. The van der Waals surface area contributed by atoms with E-state index >= 15 is 0 Å². The number of esters is 1. The maximum Gasteiger partial charge on any atom is 0.337 e. The molecule has 0 spiro atoms. The van der Waals surface area contributed by atoms with Crippen LogP contribution >= 0.6 is 0 Å². The van der Waals surface area contributed by atoms with Crippen LogP contribution in [0.3, 0.4) is 0 Å². The molecule has 0 amide bonds. The molecule has 1 aliphatic heterocycles. The van der Waals surface area contributed by atoms with Crippen molar-refractivity contribution < 1.29 is 14.3 Å². The summed E-state index contributed by atoms with van der Waals surface area (Å²) < 4.78 is 10.5. The van der Waals surface area contributed by atoms with Crippen molar-refractivity contribution >= 4 is 5.97 Å². The topological polar surface area (TPSA) is 38.8 Å². The molecule has 0 bridgehead atoms. The minimum absolute atomic E-state index is 0.317. The molecule has 1 aromatic rings. The van der Waals surface area contributed by atoms with E-state index < -0.39 is 0 Å². The van der Waals surface area contributed by atoms with Gasteiger partial charge in [0.1, 0.15) is 5.75 Å². The Balaban J connectivity index is 1.69. The van der Waals surface area contributed by atoms with Crippen molar-refractivity contribution in [2.75, 3.05) is 33.4 Å². The summed E-state index contributed by atoms with van der Waals surface area (Å²) in [5.74, 6) is 2.16. The summed E-state index contributed by atoms with van der Waals surface area (Å²) in [5, 5.41) is 0. The van der Waals surface area contributed by atoms with Gasteiger partial charge in [-0.05, 0) is 55.4 Å². The SMILES string of the molecule is CCCC1CC(C)CN(CCCOc2ccc(C(=O)OC)cc2)C1. The number of rotatable bonds is 8. The van der Waals surface area contributed by atoms with Gasteiger partial charge in [0.05, 0.1) is 19.3 Å². The second-order valence-corrected chi connectivity index (χ2v) is 6.97. The lowest BCUT2D eigenvalue weighted by molar-refractivity contribution is 0.0600. The van der Waals surface area contributed by atoms with Crippen molar-refractivity contribution in [2.24, 2.45) is 11.8 Å². The second kappa shape index (κ2) is 9.67. The number of ether oxygens (including phenoxy) is 2. The Labute approximate surface area is 146 Å². The van der Waals surface area contributed by atoms with Gasteiger partial charge in [-0.2, -0.15) is 0 Å². The second-order valence-electron chi connectivity index (χ2n) is 6.97. The average Bonchev–Trinajstić information content (AvgIpc) is 2.58. The van der Waals surface area contributed by atoms with Gasteiger partial charge in [0.2, 0.25) is 0 Å². The Morgan fingerprint density at radius 2 is 2.00 bits per heavy atom. The van der Waals surface area contributed by atoms with Crippen molar-refractivity contribution in [1.29, 1.82) is 0 Å². The number of hydrogen-bond donors (Lipinski definition) is 0. The molecule has 2 rings (SSSR count). The Kier molecular flexibility index (Phi) is 7.57. The highest BCUT2D eigenvalue weighted by Gasteiger charge is 2.23. The molecule has 1 aromatic carbocycles. The molecule has 4 heteroatoms. The van der Waals surface area contributed by atoms with Crippen molar-refractivity contribution in [2.45, 2.75) is 39.5 Å². The van der Waals surface area contributed by atoms with Crippen molar-refractivity contribution in [3.8, 4) is 5.75 Å². The summed E-state index contributed by atoms with van der Waals surface area (Å²) in [6.07, 6.45) is 5.05. The van der Waals surface area contributed by atoms with E-state index in [9.17, 15) is 4.79 Å². The molecule has 2 unspecified atom stereocenters. The lowest BCUT2D eigenvalue weighted by atomic mass is 9.87. The number of piperidine rings is 1.